The number of rotatable bonds is 7. The van der Waals surface area contributed by atoms with E-state index < -0.39 is 12.5 Å². The average Bonchev–Trinajstić information content (AvgIpc) is 3.29. The van der Waals surface area contributed by atoms with Crippen molar-refractivity contribution in [3.05, 3.63) is 41.2 Å². The van der Waals surface area contributed by atoms with Gasteiger partial charge in [-0.2, -0.15) is 13.9 Å². The zero-order valence-electron chi connectivity index (χ0n) is 15.5. The summed E-state index contributed by atoms with van der Waals surface area (Å²) in [6.07, 6.45) is 2.84. The van der Waals surface area contributed by atoms with Gasteiger partial charge >= 0.3 is 6.61 Å². The quantitative estimate of drug-likeness (QED) is 0.516. The highest BCUT2D eigenvalue weighted by atomic mass is 35.5. The maximum atomic E-state index is 12.9. The number of aromatic amines is 1. The smallest absolute Gasteiger partial charge is 0.387 e. The number of alkyl halides is 2. The van der Waals surface area contributed by atoms with Gasteiger partial charge in [-0.25, -0.2) is 0 Å². The molecule has 0 bridgehead atoms. The Morgan fingerprint density at radius 2 is 2.31 bits per heavy atom. The fourth-order valence-corrected chi connectivity index (χ4v) is 3.32. The first kappa shape index (κ1) is 20.9. The van der Waals surface area contributed by atoms with Gasteiger partial charge in [0.05, 0.1) is 12.3 Å². The van der Waals surface area contributed by atoms with Crippen molar-refractivity contribution in [3.8, 4) is 17.0 Å². The normalized spacial score (nSPS) is 19.4. The van der Waals surface area contributed by atoms with E-state index in [-0.39, 0.29) is 34.5 Å². The highest BCUT2D eigenvalue weighted by molar-refractivity contribution is 6.31. The minimum Gasteiger partial charge on any atom is -0.434 e. The summed E-state index contributed by atoms with van der Waals surface area (Å²) in [7, 11) is 0. The average molecular weight is 425 g/mol. The first-order valence-electron chi connectivity index (χ1n) is 8.74. The van der Waals surface area contributed by atoms with E-state index in [0.29, 0.717) is 23.8 Å². The lowest BCUT2D eigenvalue weighted by Gasteiger charge is -2.17. The summed E-state index contributed by atoms with van der Waals surface area (Å²) in [5.41, 5.74) is 1.10. The number of hydrogen-bond acceptors (Lipinski definition) is 5. The SMILES string of the molecule is C=N/C=C(/C(=O)Nc1c[nH]nc1-c1cc(Cl)ccc1OC(F)F)C1COCC1C. The van der Waals surface area contributed by atoms with Crippen LogP contribution in [0.5, 0.6) is 5.75 Å². The maximum Gasteiger partial charge on any atom is 0.387 e. The molecule has 2 atom stereocenters. The lowest BCUT2D eigenvalue weighted by molar-refractivity contribution is -0.113. The van der Waals surface area contributed by atoms with Crippen molar-refractivity contribution in [3.63, 3.8) is 0 Å². The van der Waals surface area contributed by atoms with Crippen LogP contribution in [-0.2, 0) is 9.53 Å². The molecule has 2 aromatic rings. The third kappa shape index (κ3) is 4.80. The van der Waals surface area contributed by atoms with Crippen LogP contribution in [0.4, 0.5) is 14.5 Å². The van der Waals surface area contributed by atoms with E-state index in [0.717, 1.165) is 0 Å². The van der Waals surface area contributed by atoms with Crippen molar-refractivity contribution in [1.82, 2.24) is 10.2 Å². The van der Waals surface area contributed by atoms with Crippen LogP contribution in [0.3, 0.4) is 0 Å². The second-order valence-electron chi connectivity index (χ2n) is 6.51. The summed E-state index contributed by atoms with van der Waals surface area (Å²) in [5.74, 6) is -0.537. The summed E-state index contributed by atoms with van der Waals surface area (Å²) in [6.45, 7) is 3.32. The summed E-state index contributed by atoms with van der Waals surface area (Å²) in [6, 6.07) is 4.17. The van der Waals surface area contributed by atoms with Gasteiger partial charge in [-0.15, -0.1) is 0 Å². The van der Waals surface area contributed by atoms with Crippen LogP contribution >= 0.6 is 11.6 Å². The first-order valence-corrected chi connectivity index (χ1v) is 9.12. The number of ether oxygens (including phenoxy) is 2. The fourth-order valence-electron chi connectivity index (χ4n) is 3.15. The third-order valence-corrected chi connectivity index (χ3v) is 4.79. The molecule has 2 N–H and O–H groups in total. The first-order chi connectivity index (χ1) is 13.9. The molecule has 1 aromatic carbocycles. The number of benzene rings is 1. The van der Waals surface area contributed by atoms with Gasteiger partial charge in [0, 0.05) is 41.1 Å². The summed E-state index contributed by atoms with van der Waals surface area (Å²) in [4.78, 5) is 16.6. The van der Waals surface area contributed by atoms with E-state index in [1.807, 2.05) is 6.92 Å². The van der Waals surface area contributed by atoms with Gasteiger partial charge < -0.3 is 14.8 Å². The van der Waals surface area contributed by atoms with Crippen molar-refractivity contribution in [2.24, 2.45) is 16.8 Å². The van der Waals surface area contributed by atoms with Crippen LogP contribution in [-0.4, -0.2) is 42.6 Å². The lowest BCUT2D eigenvalue weighted by Crippen LogP contribution is -2.24. The number of anilines is 1. The molecular formula is C19H19ClF2N4O3. The van der Waals surface area contributed by atoms with Crippen LogP contribution in [0, 0.1) is 11.8 Å². The Labute approximate surface area is 170 Å². The fraction of sp³-hybridized carbons (Fsp3) is 0.316. The van der Waals surface area contributed by atoms with E-state index in [4.69, 9.17) is 16.3 Å². The van der Waals surface area contributed by atoms with Gasteiger partial charge in [-0.1, -0.05) is 18.5 Å². The van der Waals surface area contributed by atoms with Gasteiger partial charge in [0.25, 0.3) is 5.91 Å². The molecule has 2 unspecified atom stereocenters. The number of hydrogen-bond donors (Lipinski definition) is 2. The van der Waals surface area contributed by atoms with E-state index in [9.17, 15) is 13.6 Å². The molecule has 0 radical (unpaired) electrons. The van der Waals surface area contributed by atoms with Crippen LogP contribution < -0.4 is 10.1 Å². The molecule has 10 heteroatoms. The van der Waals surface area contributed by atoms with Crippen molar-refractivity contribution in [2.75, 3.05) is 18.5 Å². The van der Waals surface area contributed by atoms with E-state index in [2.05, 4.69) is 32.0 Å². The molecule has 29 heavy (non-hydrogen) atoms. The molecule has 1 aromatic heterocycles. The number of nitrogens with zero attached hydrogens (tertiary/aromatic N) is 2. The summed E-state index contributed by atoms with van der Waals surface area (Å²) in [5, 5.41) is 9.73. The number of carbonyl (C=O) groups is 1. The minimum atomic E-state index is -3.02. The molecule has 154 valence electrons. The number of halogens is 3. The largest absolute Gasteiger partial charge is 0.434 e. The molecule has 1 amide bonds. The highest BCUT2D eigenvalue weighted by Crippen LogP contribution is 2.37. The van der Waals surface area contributed by atoms with E-state index >= 15 is 0 Å². The number of nitrogens with one attached hydrogen (secondary N) is 2. The van der Waals surface area contributed by atoms with Gasteiger partial charge in [0.1, 0.15) is 11.4 Å². The Balaban J connectivity index is 1.91. The summed E-state index contributed by atoms with van der Waals surface area (Å²) < 4.78 is 35.5. The topological polar surface area (TPSA) is 88.6 Å². The van der Waals surface area contributed by atoms with Crippen molar-refractivity contribution in [2.45, 2.75) is 13.5 Å². The van der Waals surface area contributed by atoms with Gasteiger partial charge in [-0.3, -0.25) is 14.9 Å². The molecule has 2 heterocycles. The van der Waals surface area contributed by atoms with Crippen LogP contribution in [0.2, 0.25) is 5.02 Å². The van der Waals surface area contributed by atoms with Crippen molar-refractivity contribution < 1.29 is 23.0 Å². The minimum absolute atomic E-state index is 0.117. The van der Waals surface area contributed by atoms with Gasteiger partial charge in [0.15, 0.2) is 0 Å². The Morgan fingerprint density at radius 3 is 2.97 bits per heavy atom. The third-order valence-electron chi connectivity index (χ3n) is 4.56. The molecular weight excluding hydrogens is 406 g/mol. The Bertz CT molecular complexity index is 932. The Hall–Kier alpha value is -2.78. The molecule has 0 aliphatic carbocycles. The second kappa shape index (κ2) is 9.15. The molecule has 7 nitrogen and oxygen atoms in total. The molecule has 0 saturated carbocycles. The Morgan fingerprint density at radius 1 is 1.52 bits per heavy atom. The summed E-state index contributed by atoms with van der Waals surface area (Å²) >= 11 is 6.01. The predicted octanol–water partition coefficient (Wildman–Crippen LogP) is 4.14. The van der Waals surface area contributed by atoms with E-state index in [1.54, 1.807) is 0 Å². The monoisotopic (exact) mass is 424 g/mol. The number of amides is 1. The Kier molecular flexibility index (Phi) is 6.60. The maximum absolute atomic E-state index is 12.9. The molecule has 1 saturated heterocycles. The number of aliphatic imine (C=N–C) groups is 1. The lowest BCUT2D eigenvalue weighted by atomic mass is 9.90. The molecule has 0 spiro atoms. The van der Waals surface area contributed by atoms with E-state index in [1.165, 1.54) is 30.6 Å². The number of carbonyl (C=O) groups excluding carboxylic acids is 1. The number of H-pyrrole nitrogens is 1. The highest BCUT2D eigenvalue weighted by Gasteiger charge is 2.32. The van der Waals surface area contributed by atoms with Crippen LogP contribution in [0.15, 0.2) is 41.2 Å². The molecule has 3 rings (SSSR count). The number of aromatic nitrogens is 2. The van der Waals surface area contributed by atoms with Crippen molar-refractivity contribution >= 4 is 29.9 Å². The molecule has 1 fully saturated rings. The zero-order chi connectivity index (χ0) is 21.0. The van der Waals surface area contributed by atoms with Crippen LogP contribution in [0.1, 0.15) is 6.92 Å². The van der Waals surface area contributed by atoms with Gasteiger partial charge in [-0.05, 0) is 30.8 Å². The second-order valence-corrected chi connectivity index (χ2v) is 6.95. The van der Waals surface area contributed by atoms with Gasteiger partial charge in [0.2, 0.25) is 0 Å². The van der Waals surface area contributed by atoms with Crippen LogP contribution in [0.25, 0.3) is 11.3 Å². The molecule has 1 aliphatic heterocycles. The predicted molar refractivity (Wildman–Crippen MR) is 105 cm³/mol. The molecule has 1 aliphatic rings. The standard InChI is InChI=1S/C19H19ClF2N4O3/c1-10-8-28-9-14(10)13(6-23-2)18(27)25-15-7-24-26-17(15)12-5-11(20)3-4-16(12)29-19(21)22/h3-7,10,14,19H,2,8-9H2,1H3,(H,24,26)(H,25,27)/b13-6+. The van der Waals surface area contributed by atoms with Crippen molar-refractivity contribution in [1.29, 1.82) is 0 Å². The zero-order valence-corrected chi connectivity index (χ0v) is 16.2.